The van der Waals surface area contributed by atoms with Gasteiger partial charge < -0.3 is 5.32 Å². The average molecular weight is 345 g/mol. The van der Waals surface area contributed by atoms with E-state index in [2.05, 4.69) is 33.8 Å². The van der Waals surface area contributed by atoms with Crippen molar-refractivity contribution in [3.8, 4) is 5.69 Å². The van der Waals surface area contributed by atoms with Gasteiger partial charge in [0.05, 0.1) is 10.9 Å². The van der Waals surface area contributed by atoms with Crippen molar-refractivity contribution >= 4 is 17.7 Å². The highest BCUT2D eigenvalue weighted by molar-refractivity contribution is 8.00. The standard InChI is InChI=1S/C17H23N5OS/c1-11-8-9-15(12(2)10-11)22-17(19-20-21-22)24-13(3)16(23)18-14-6-4-5-7-14/h8-10,13-14H,4-7H2,1-3H3,(H,18,23)/t13-/m0/s1. The number of hydrogen-bond donors (Lipinski definition) is 1. The van der Waals surface area contributed by atoms with Crippen LogP contribution in [0.25, 0.3) is 5.69 Å². The van der Waals surface area contributed by atoms with E-state index in [4.69, 9.17) is 0 Å². The predicted octanol–water partition coefficient (Wildman–Crippen LogP) is 2.82. The van der Waals surface area contributed by atoms with Crippen molar-refractivity contribution in [2.24, 2.45) is 0 Å². The minimum Gasteiger partial charge on any atom is -0.352 e. The van der Waals surface area contributed by atoms with Crippen molar-refractivity contribution < 1.29 is 4.79 Å². The van der Waals surface area contributed by atoms with Crippen LogP contribution in [-0.2, 0) is 4.79 Å². The number of aromatic nitrogens is 4. The fourth-order valence-corrected chi connectivity index (χ4v) is 3.86. The molecule has 1 aliphatic rings. The molecule has 0 spiro atoms. The topological polar surface area (TPSA) is 72.7 Å². The molecule has 0 aliphatic heterocycles. The van der Waals surface area contributed by atoms with Crippen LogP contribution in [0.2, 0.25) is 0 Å². The monoisotopic (exact) mass is 345 g/mol. The first-order chi connectivity index (χ1) is 11.5. The highest BCUT2D eigenvalue weighted by Crippen LogP contribution is 2.25. The van der Waals surface area contributed by atoms with Gasteiger partial charge in [-0.15, -0.1) is 5.10 Å². The van der Waals surface area contributed by atoms with Crippen LogP contribution < -0.4 is 5.32 Å². The molecule has 1 aromatic carbocycles. The summed E-state index contributed by atoms with van der Waals surface area (Å²) in [7, 11) is 0. The van der Waals surface area contributed by atoms with Crippen LogP contribution in [0.5, 0.6) is 0 Å². The highest BCUT2D eigenvalue weighted by Gasteiger charge is 2.23. The first kappa shape index (κ1) is 17.0. The summed E-state index contributed by atoms with van der Waals surface area (Å²) in [6.45, 7) is 5.99. The molecular formula is C17H23N5OS. The number of benzene rings is 1. The molecule has 1 amide bonds. The maximum atomic E-state index is 12.4. The fraction of sp³-hybridized carbons (Fsp3) is 0.529. The van der Waals surface area contributed by atoms with E-state index in [0.29, 0.717) is 11.2 Å². The SMILES string of the molecule is Cc1ccc(-n2nnnc2S[C@@H](C)C(=O)NC2CCCC2)c(C)c1. The second-order valence-corrected chi connectivity index (χ2v) is 7.72. The predicted molar refractivity (Wildman–Crippen MR) is 94.3 cm³/mol. The number of hydrogen-bond acceptors (Lipinski definition) is 5. The number of carbonyl (C=O) groups is 1. The summed E-state index contributed by atoms with van der Waals surface area (Å²) in [6.07, 6.45) is 4.59. The van der Waals surface area contributed by atoms with Gasteiger partial charge in [0.25, 0.3) is 0 Å². The summed E-state index contributed by atoms with van der Waals surface area (Å²) in [5.41, 5.74) is 3.24. The lowest BCUT2D eigenvalue weighted by Crippen LogP contribution is -2.37. The minimum absolute atomic E-state index is 0.0575. The highest BCUT2D eigenvalue weighted by atomic mass is 32.2. The van der Waals surface area contributed by atoms with Gasteiger partial charge in [-0.05, 0) is 55.7 Å². The van der Waals surface area contributed by atoms with Gasteiger partial charge in [0.2, 0.25) is 11.1 Å². The molecule has 0 unspecified atom stereocenters. The van der Waals surface area contributed by atoms with E-state index in [9.17, 15) is 4.79 Å². The molecular weight excluding hydrogens is 322 g/mol. The summed E-state index contributed by atoms with van der Waals surface area (Å²) in [5, 5.41) is 15.5. The van der Waals surface area contributed by atoms with Crippen molar-refractivity contribution in [1.82, 2.24) is 25.5 Å². The Bertz CT molecular complexity index is 724. The maximum Gasteiger partial charge on any atom is 0.233 e. The van der Waals surface area contributed by atoms with Gasteiger partial charge in [-0.1, -0.05) is 42.3 Å². The van der Waals surface area contributed by atoms with Crippen LogP contribution >= 0.6 is 11.8 Å². The van der Waals surface area contributed by atoms with Gasteiger partial charge in [-0.2, -0.15) is 4.68 Å². The number of tetrazole rings is 1. The van der Waals surface area contributed by atoms with Gasteiger partial charge in [-0.3, -0.25) is 4.79 Å². The minimum atomic E-state index is -0.235. The molecule has 1 heterocycles. The van der Waals surface area contributed by atoms with Crippen molar-refractivity contribution in [3.63, 3.8) is 0 Å². The Kier molecular flexibility index (Phi) is 5.18. The Morgan fingerprint density at radius 2 is 2.08 bits per heavy atom. The van der Waals surface area contributed by atoms with E-state index < -0.39 is 0 Å². The molecule has 7 heteroatoms. The maximum absolute atomic E-state index is 12.4. The zero-order valence-electron chi connectivity index (χ0n) is 14.3. The number of nitrogens with one attached hydrogen (secondary N) is 1. The molecule has 3 rings (SSSR count). The summed E-state index contributed by atoms with van der Waals surface area (Å²) in [5.74, 6) is 0.0575. The number of rotatable bonds is 5. The molecule has 24 heavy (non-hydrogen) atoms. The number of thioether (sulfide) groups is 1. The second kappa shape index (κ2) is 7.34. The Morgan fingerprint density at radius 1 is 1.33 bits per heavy atom. The van der Waals surface area contributed by atoms with E-state index >= 15 is 0 Å². The van der Waals surface area contributed by atoms with Crippen molar-refractivity contribution in [1.29, 1.82) is 0 Å². The lowest BCUT2D eigenvalue weighted by atomic mass is 10.1. The van der Waals surface area contributed by atoms with Gasteiger partial charge in [0.15, 0.2) is 0 Å². The number of carbonyl (C=O) groups excluding carboxylic acids is 1. The normalized spacial score (nSPS) is 16.3. The molecule has 1 N–H and O–H groups in total. The third kappa shape index (κ3) is 3.77. The van der Waals surface area contributed by atoms with Crippen LogP contribution in [0.4, 0.5) is 0 Å². The third-order valence-electron chi connectivity index (χ3n) is 4.37. The molecule has 1 fully saturated rings. The van der Waals surface area contributed by atoms with Gasteiger partial charge in [0, 0.05) is 6.04 Å². The van der Waals surface area contributed by atoms with E-state index in [1.807, 2.05) is 26.0 Å². The first-order valence-corrected chi connectivity index (χ1v) is 9.25. The Balaban J connectivity index is 1.71. The zero-order valence-corrected chi connectivity index (χ0v) is 15.1. The zero-order chi connectivity index (χ0) is 17.1. The molecule has 1 atom stereocenters. The molecule has 1 aliphatic carbocycles. The summed E-state index contributed by atoms with van der Waals surface area (Å²) < 4.78 is 1.71. The lowest BCUT2D eigenvalue weighted by molar-refractivity contribution is -0.120. The van der Waals surface area contributed by atoms with Crippen LogP contribution in [0.15, 0.2) is 23.4 Å². The van der Waals surface area contributed by atoms with Crippen LogP contribution in [0.1, 0.15) is 43.7 Å². The van der Waals surface area contributed by atoms with Crippen molar-refractivity contribution in [2.75, 3.05) is 0 Å². The molecule has 0 bridgehead atoms. The Hall–Kier alpha value is -1.89. The molecule has 1 saturated carbocycles. The molecule has 0 saturated heterocycles. The van der Waals surface area contributed by atoms with Gasteiger partial charge in [0.1, 0.15) is 0 Å². The quantitative estimate of drug-likeness (QED) is 0.844. The number of nitrogens with zero attached hydrogens (tertiary/aromatic N) is 4. The van der Waals surface area contributed by atoms with E-state index in [1.165, 1.54) is 30.2 Å². The molecule has 128 valence electrons. The van der Waals surface area contributed by atoms with Crippen LogP contribution in [0, 0.1) is 13.8 Å². The van der Waals surface area contributed by atoms with Crippen molar-refractivity contribution in [3.05, 3.63) is 29.3 Å². The van der Waals surface area contributed by atoms with E-state index in [0.717, 1.165) is 24.1 Å². The molecule has 0 radical (unpaired) electrons. The largest absolute Gasteiger partial charge is 0.352 e. The number of amides is 1. The molecule has 2 aromatic rings. The van der Waals surface area contributed by atoms with Gasteiger partial charge >= 0.3 is 0 Å². The summed E-state index contributed by atoms with van der Waals surface area (Å²) in [4.78, 5) is 12.4. The third-order valence-corrected chi connectivity index (χ3v) is 5.41. The molecule has 6 nitrogen and oxygen atoms in total. The van der Waals surface area contributed by atoms with Crippen LogP contribution in [0.3, 0.4) is 0 Å². The number of aryl methyl sites for hydroxylation is 2. The second-order valence-electron chi connectivity index (χ2n) is 6.41. The summed E-state index contributed by atoms with van der Waals surface area (Å²) >= 11 is 1.39. The van der Waals surface area contributed by atoms with E-state index in [-0.39, 0.29) is 11.2 Å². The first-order valence-electron chi connectivity index (χ1n) is 8.37. The van der Waals surface area contributed by atoms with Crippen LogP contribution in [-0.4, -0.2) is 37.4 Å². The Morgan fingerprint density at radius 3 is 2.79 bits per heavy atom. The van der Waals surface area contributed by atoms with E-state index in [1.54, 1.807) is 4.68 Å². The molecule has 1 aromatic heterocycles. The fourth-order valence-electron chi connectivity index (χ4n) is 3.05. The smallest absolute Gasteiger partial charge is 0.233 e. The summed E-state index contributed by atoms with van der Waals surface area (Å²) in [6, 6.07) is 6.47. The lowest BCUT2D eigenvalue weighted by Gasteiger charge is -2.16. The van der Waals surface area contributed by atoms with Crippen molar-refractivity contribution in [2.45, 2.75) is 62.9 Å². The Labute approximate surface area is 146 Å². The van der Waals surface area contributed by atoms with Gasteiger partial charge in [-0.25, -0.2) is 0 Å². The average Bonchev–Trinajstić information content (AvgIpc) is 3.19.